The molecule has 0 unspecified atom stereocenters. The molecule has 0 amide bonds. The Kier molecular flexibility index (Phi) is 9.87. The molecule has 0 heterocycles. The molecule has 0 aromatic carbocycles. The van der Waals surface area contributed by atoms with Gasteiger partial charge in [0, 0.05) is 26.7 Å². The third kappa shape index (κ3) is 8.22. The van der Waals surface area contributed by atoms with Crippen molar-refractivity contribution in [2.45, 2.75) is 20.3 Å². The SMILES string of the molecule is CCCN(CC)CCNCCOC. The maximum Gasteiger partial charge on any atom is 0.0587 e. The van der Waals surface area contributed by atoms with Gasteiger partial charge < -0.3 is 15.0 Å². The largest absolute Gasteiger partial charge is 0.383 e. The maximum atomic E-state index is 4.95. The first kappa shape index (κ1) is 12.9. The molecular formula is C10H24N2O. The lowest BCUT2D eigenvalue weighted by atomic mass is 10.4. The summed E-state index contributed by atoms with van der Waals surface area (Å²) in [7, 11) is 1.73. The van der Waals surface area contributed by atoms with E-state index in [9.17, 15) is 0 Å². The summed E-state index contributed by atoms with van der Waals surface area (Å²) in [4.78, 5) is 2.46. The maximum absolute atomic E-state index is 4.95. The van der Waals surface area contributed by atoms with Gasteiger partial charge in [-0.15, -0.1) is 0 Å². The highest BCUT2D eigenvalue weighted by Gasteiger charge is 1.98. The van der Waals surface area contributed by atoms with E-state index < -0.39 is 0 Å². The predicted molar refractivity (Wildman–Crippen MR) is 57.2 cm³/mol. The summed E-state index contributed by atoms with van der Waals surface area (Å²) in [5, 5.41) is 3.34. The van der Waals surface area contributed by atoms with Gasteiger partial charge in [-0.3, -0.25) is 0 Å². The molecular weight excluding hydrogens is 164 g/mol. The number of nitrogens with zero attached hydrogens (tertiary/aromatic N) is 1. The van der Waals surface area contributed by atoms with Gasteiger partial charge in [-0.25, -0.2) is 0 Å². The lowest BCUT2D eigenvalue weighted by molar-refractivity contribution is 0.197. The van der Waals surface area contributed by atoms with Crippen LogP contribution in [-0.4, -0.2) is 51.3 Å². The van der Waals surface area contributed by atoms with Crippen LogP contribution in [0, 0.1) is 0 Å². The number of methoxy groups -OCH3 is 1. The van der Waals surface area contributed by atoms with Crippen molar-refractivity contribution in [1.29, 1.82) is 0 Å². The van der Waals surface area contributed by atoms with Crippen LogP contribution in [0.4, 0.5) is 0 Å². The highest BCUT2D eigenvalue weighted by Crippen LogP contribution is 1.88. The van der Waals surface area contributed by atoms with Crippen molar-refractivity contribution in [3.63, 3.8) is 0 Å². The van der Waals surface area contributed by atoms with E-state index in [0.717, 1.165) is 32.8 Å². The second-order valence-electron chi connectivity index (χ2n) is 3.18. The van der Waals surface area contributed by atoms with Gasteiger partial charge in [-0.2, -0.15) is 0 Å². The molecule has 0 rings (SSSR count). The van der Waals surface area contributed by atoms with E-state index in [-0.39, 0.29) is 0 Å². The van der Waals surface area contributed by atoms with Crippen LogP contribution in [0.15, 0.2) is 0 Å². The van der Waals surface area contributed by atoms with E-state index in [1.54, 1.807) is 7.11 Å². The Labute approximate surface area is 82.4 Å². The third-order valence-electron chi connectivity index (χ3n) is 2.07. The number of likely N-dealkylation sites (N-methyl/N-ethyl adjacent to an activating group) is 1. The van der Waals surface area contributed by atoms with E-state index in [0.29, 0.717) is 0 Å². The lowest BCUT2D eigenvalue weighted by Gasteiger charge is -2.19. The molecule has 0 saturated heterocycles. The van der Waals surface area contributed by atoms with Gasteiger partial charge in [-0.05, 0) is 19.5 Å². The zero-order valence-corrected chi connectivity index (χ0v) is 9.31. The molecule has 0 aliphatic heterocycles. The molecule has 0 aliphatic rings. The van der Waals surface area contributed by atoms with Crippen LogP contribution in [0.3, 0.4) is 0 Å². The Morgan fingerprint density at radius 3 is 2.46 bits per heavy atom. The van der Waals surface area contributed by atoms with Gasteiger partial charge in [0.05, 0.1) is 6.61 Å². The van der Waals surface area contributed by atoms with Crippen molar-refractivity contribution >= 4 is 0 Å². The first-order valence-electron chi connectivity index (χ1n) is 5.27. The van der Waals surface area contributed by atoms with Crippen molar-refractivity contribution < 1.29 is 4.74 Å². The molecule has 3 heteroatoms. The quantitative estimate of drug-likeness (QED) is 0.545. The molecule has 0 radical (unpaired) electrons. The summed E-state index contributed by atoms with van der Waals surface area (Å²) < 4.78 is 4.95. The predicted octanol–water partition coefficient (Wildman–Crippen LogP) is 0.954. The van der Waals surface area contributed by atoms with Gasteiger partial charge >= 0.3 is 0 Å². The number of rotatable bonds is 9. The number of hydrogen-bond donors (Lipinski definition) is 1. The summed E-state index contributed by atoms with van der Waals surface area (Å²) in [6.07, 6.45) is 1.24. The van der Waals surface area contributed by atoms with Crippen LogP contribution >= 0.6 is 0 Å². The van der Waals surface area contributed by atoms with Gasteiger partial charge in [0.2, 0.25) is 0 Å². The molecule has 80 valence electrons. The van der Waals surface area contributed by atoms with Gasteiger partial charge in [-0.1, -0.05) is 13.8 Å². The first-order chi connectivity index (χ1) is 6.35. The van der Waals surface area contributed by atoms with Crippen molar-refractivity contribution in [2.75, 3.05) is 46.4 Å². The zero-order valence-electron chi connectivity index (χ0n) is 9.31. The smallest absolute Gasteiger partial charge is 0.0587 e. The molecule has 0 fully saturated rings. The molecule has 1 N–H and O–H groups in total. The molecule has 13 heavy (non-hydrogen) atoms. The second-order valence-corrected chi connectivity index (χ2v) is 3.18. The Morgan fingerprint density at radius 1 is 1.15 bits per heavy atom. The van der Waals surface area contributed by atoms with E-state index in [2.05, 4.69) is 24.1 Å². The fourth-order valence-corrected chi connectivity index (χ4v) is 1.28. The fraction of sp³-hybridized carbons (Fsp3) is 1.00. The van der Waals surface area contributed by atoms with Crippen LogP contribution < -0.4 is 5.32 Å². The number of nitrogens with one attached hydrogen (secondary N) is 1. The van der Waals surface area contributed by atoms with E-state index in [4.69, 9.17) is 4.74 Å². The van der Waals surface area contributed by atoms with Gasteiger partial charge in [0.15, 0.2) is 0 Å². The minimum Gasteiger partial charge on any atom is -0.383 e. The summed E-state index contributed by atoms with van der Waals surface area (Å²) in [5.41, 5.74) is 0. The summed E-state index contributed by atoms with van der Waals surface area (Å²) in [5.74, 6) is 0. The van der Waals surface area contributed by atoms with Crippen molar-refractivity contribution in [3.05, 3.63) is 0 Å². The minimum absolute atomic E-state index is 0.805. The molecule has 0 aromatic rings. The van der Waals surface area contributed by atoms with E-state index in [1.807, 2.05) is 0 Å². The Morgan fingerprint density at radius 2 is 1.92 bits per heavy atom. The summed E-state index contributed by atoms with van der Waals surface area (Å²) >= 11 is 0. The van der Waals surface area contributed by atoms with Crippen LogP contribution in [0.5, 0.6) is 0 Å². The molecule has 0 bridgehead atoms. The van der Waals surface area contributed by atoms with Crippen LogP contribution in [-0.2, 0) is 4.74 Å². The van der Waals surface area contributed by atoms with Crippen LogP contribution in [0.25, 0.3) is 0 Å². The highest BCUT2D eigenvalue weighted by atomic mass is 16.5. The molecule has 0 saturated carbocycles. The zero-order chi connectivity index (χ0) is 9.94. The van der Waals surface area contributed by atoms with Crippen molar-refractivity contribution in [1.82, 2.24) is 10.2 Å². The monoisotopic (exact) mass is 188 g/mol. The molecule has 0 atom stereocenters. The van der Waals surface area contributed by atoms with Crippen LogP contribution in [0.1, 0.15) is 20.3 Å². The highest BCUT2D eigenvalue weighted by molar-refractivity contribution is 4.56. The third-order valence-corrected chi connectivity index (χ3v) is 2.07. The average molecular weight is 188 g/mol. The van der Waals surface area contributed by atoms with Gasteiger partial charge in [0.1, 0.15) is 0 Å². The molecule has 0 aliphatic carbocycles. The minimum atomic E-state index is 0.805. The Hall–Kier alpha value is -0.120. The molecule has 3 nitrogen and oxygen atoms in total. The molecule has 0 aromatic heterocycles. The fourth-order valence-electron chi connectivity index (χ4n) is 1.28. The van der Waals surface area contributed by atoms with Crippen molar-refractivity contribution in [3.8, 4) is 0 Å². The first-order valence-corrected chi connectivity index (χ1v) is 5.27. The topological polar surface area (TPSA) is 24.5 Å². The van der Waals surface area contributed by atoms with Crippen LogP contribution in [0.2, 0.25) is 0 Å². The van der Waals surface area contributed by atoms with Gasteiger partial charge in [0.25, 0.3) is 0 Å². The summed E-state index contributed by atoms with van der Waals surface area (Å²) in [6, 6.07) is 0. The second kappa shape index (κ2) is 9.96. The number of ether oxygens (including phenoxy) is 1. The number of hydrogen-bond acceptors (Lipinski definition) is 3. The Balaban J connectivity index is 3.17. The van der Waals surface area contributed by atoms with E-state index in [1.165, 1.54) is 13.0 Å². The summed E-state index contributed by atoms with van der Waals surface area (Å²) in [6.45, 7) is 10.8. The lowest BCUT2D eigenvalue weighted by Crippen LogP contribution is -2.33. The Bertz CT molecular complexity index is 98.9. The standard InChI is InChI=1S/C10H24N2O/c1-4-8-12(5-2)9-6-11-7-10-13-3/h11H,4-10H2,1-3H3. The van der Waals surface area contributed by atoms with Crippen molar-refractivity contribution in [2.24, 2.45) is 0 Å². The molecule has 0 spiro atoms. The normalized spacial score (nSPS) is 11.1. The van der Waals surface area contributed by atoms with E-state index >= 15 is 0 Å². The average Bonchev–Trinajstić information content (AvgIpc) is 2.16.